The fraction of sp³-hybridized carbons (Fsp3) is 0.917. The van der Waals surface area contributed by atoms with Gasteiger partial charge in [-0.25, -0.2) is 0 Å². The summed E-state index contributed by atoms with van der Waals surface area (Å²) in [6.07, 6.45) is 4.32. The Bertz CT molecular complexity index is 243. The first kappa shape index (κ1) is 12.2. The van der Waals surface area contributed by atoms with E-state index in [0.717, 1.165) is 31.1 Å². The van der Waals surface area contributed by atoms with Gasteiger partial charge in [0.05, 0.1) is 12.6 Å². The number of methoxy groups -OCH3 is 1. The molecule has 0 heterocycles. The van der Waals surface area contributed by atoms with Gasteiger partial charge in [-0.1, -0.05) is 0 Å². The van der Waals surface area contributed by atoms with Gasteiger partial charge in [-0.15, -0.1) is 11.6 Å². The molecule has 0 aromatic carbocycles. The van der Waals surface area contributed by atoms with Gasteiger partial charge in [-0.3, -0.25) is 4.79 Å². The van der Waals surface area contributed by atoms with Crippen molar-refractivity contribution in [3.8, 4) is 0 Å². The Morgan fingerprint density at radius 1 is 1.44 bits per heavy atom. The van der Waals surface area contributed by atoms with Crippen molar-refractivity contribution in [1.82, 2.24) is 5.32 Å². The molecule has 0 aromatic heterocycles. The molecule has 0 radical (unpaired) electrons. The van der Waals surface area contributed by atoms with Crippen LogP contribution >= 0.6 is 11.6 Å². The molecule has 0 aromatic rings. The fourth-order valence-electron chi connectivity index (χ4n) is 2.78. The van der Waals surface area contributed by atoms with Crippen molar-refractivity contribution in [2.24, 2.45) is 17.8 Å². The van der Waals surface area contributed by atoms with Gasteiger partial charge in [0.2, 0.25) is 5.91 Å². The van der Waals surface area contributed by atoms with E-state index in [0.29, 0.717) is 12.5 Å². The molecular weight excluding hydrogens is 226 g/mol. The van der Waals surface area contributed by atoms with Crippen molar-refractivity contribution in [3.63, 3.8) is 0 Å². The lowest BCUT2D eigenvalue weighted by Crippen LogP contribution is -2.41. The molecule has 2 saturated carbocycles. The molecule has 2 rings (SSSR count). The molecule has 1 amide bonds. The molecule has 2 fully saturated rings. The van der Waals surface area contributed by atoms with Crippen LogP contribution in [0.4, 0.5) is 0 Å². The van der Waals surface area contributed by atoms with Crippen LogP contribution < -0.4 is 5.32 Å². The van der Waals surface area contributed by atoms with Crippen LogP contribution in [0.5, 0.6) is 0 Å². The monoisotopic (exact) mass is 245 g/mol. The summed E-state index contributed by atoms with van der Waals surface area (Å²) in [6.45, 7) is 0.554. The van der Waals surface area contributed by atoms with E-state index in [1.165, 1.54) is 6.42 Å². The standard InChI is InChI=1S/C12H20ClNO2/c1-16-7-11(2-3-13)14-12(15)10-5-8-4-9(8)6-10/h8-11H,2-7H2,1H3,(H,14,15). The van der Waals surface area contributed by atoms with E-state index in [9.17, 15) is 4.79 Å². The van der Waals surface area contributed by atoms with Gasteiger partial charge in [0.25, 0.3) is 0 Å². The smallest absolute Gasteiger partial charge is 0.223 e. The van der Waals surface area contributed by atoms with E-state index in [1.54, 1.807) is 7.11 Å². The molecule has 1 N–H and O–H groups in total. The molecule has 0 spiro atoms. The topological polar surface area (TPSA) is 38.3 Å². The number of carbonyl (C=O) groups is 1. The number of carbonyl (C=O) groups excluding carboxylic acids is 1. The van der Waals surface area contributed by atoms with E-state index < -0.39 is 0 Å². The summed E-state index contributed by atoms with van der Waals surface area (Å²) in [6, 6.07) is 0.0759. The van der Waals surface area contributed by atoms with Crippen molar-refractivity contribution in [3.05, 3.63) is 0 Å². The maximum Gasteiger partial charge on any atom is 0.223 e. The molecule has 2 aliphatic carbocycles. The minimum Gasteiger partial charge on any atom is -0.383 e. The molecule has 16 heavy (non-hydrogen) atoms. The third-order valence-electron chi connectivity index (χ3n) is 3.79. The number of fused-ring (bicyclic) bond motifs is 1. The second kappa shape index (κ2) is 5.37. The zero-order chi connectivity index (χ0) is 11.5. The third-order valence-corrected chi connectivity index (χ3v) is 4.00. The largest absolute Gasteiger partial charge is 0.383 e. The van der Waals surface area contributed by atoms with Crippen molar-refractivity contribution < 1.29 is 9.53 Å². The van der Waals surface area contributed by atoms with Crippen LogP contribution in [0.1, 0.15) is 25.7 Å². The number of hydrogen-bond acceptors (Lipinski definition) is 2. The van der Waals surface area contributed by atoms with Crippen molar-refractivity contribution in [2.45, 2.75) is 31.7 Å². The quantitative estimate of drug-likeness (QED) is 0.725. The Balaban J connectivity index is 1.75. The summed E-state index contributed by atoms with van der Waals surface area (Å²) >= 11 is 5.70. The summed E-state index contributed by atoms with van der Waals surface area (Å²) in [4.78, 5) is 12.0. The Labute approximate surface area is 102 Å². The van der Waals surface area contributed by atoms with Crippen LogP contribution in [-0.4, -0.2) is 31.5 Å². The molecule has 3 unspecified atom stereocenters. The molecule has 2 aliphatic rings. The fourth-order valence-corrected chi connectivity index (χ4v) is 3.04. The second-order valence-electron chi connectivity index (χ2n) is 5.06. The second-order valence-corrected chi connectivity index (χ2v) is 5.44. The maximum absolute atomic E-state index is 12.0. The van der Waals surface area contributed by atoms with Gasteiger partial charge in [0.15, 0.2) is 0 Å². The minimum absolute atomic E-state index is 0.0759. The first-order valence-corrected chi connectivity index (χ1v) is 6.63. The van der Waals surface area contributed by atoms with E-state index >= 15 is 0 Å². The van der Waals surface area contributed by atoms with Crippen LogP contribution in [0.15, 0.2) is 0 Å². The highest BCUT2D eigenvalue weighted by molar-refractivity contribution is 6.17. The molecule has 3 nitrogen and oxygen atoms in total. The number of alkyl halides is 1. The first-order chi connectivity index (χ1) is 7.74. The summed E-state index contributed by atoms with van der Waals surface area (Å²) in [5, 5.41) is 3.05. The lowest BCUT2D eigenvalue weighted by atomic mass is 10.0. The van der Waals surface area contributed by atoms with Crippen LogP contribution in [0.3, 0.4) is 0 Å². The van der Waals surface area contributed by atoms with Crippen molar-refractivity contribution in [1.29, 1.82) is 0 Å². The Morgan fingerprint density at radius 2 is 2.12 bits per heavy atom. The van der Waals surface area contributed by atoms with Gasteiger partial charge >= 0.3 is 0 Å². The van der Waals surface area contributed by atoms with Crippen molar-refractivity contribution >= 4 is 17.5 Å². The molecule has 0 bridgehead atoms. The van der Waals surface area contributed by atoms with Gasteiger partial charge in [0.1, 0.15) is 0 Å². The zero-order valence-electron chi connectivity index (χ0n) is 9.75. The molecular formula is C12H20ClNO2. The van der Waals surface area contributed by atoms with Gasteiger partial charge < -0.3 is 10.1 Å². The van der Waals surface area contributed by atoms with E-state index in [2.05, 4.69) is 5.32 Å². The first-order valence-electron chi connectivity index (χ1n) is 6.09. The predicted octanol–water partition coefficient (Wildman–Crippen LogP) is 1.79. The highest BCUT2D eigenvalue weighted by Crippen LogP contribution is 2.54. The highest BCUT2D eigenvalue weighted by Gasteiger charge is 2.48. The minimum atomic E-state index is 0.0759. The summed E-state index contributed by atoms with van der Waals surface area (Å²) < 4.78 is 5.08. The lowest BCUT2D eigenvalue weighted by Gasteiger charge is -2.20. The number of halogens is 1. The molecule has 3 atom stereocenters. The summed E-state index contributed by atoms with van der Waals surface area (Å²) in [5.41, 5.74) is 0. The molecule has 4 heteroatoms. The number of ether oxygens (including phenoxy) is 1. The maximum atomic E-state index is 12.0. The van der Waals surface area contributed by atoms with Crippen LogP contribution in [-0.2, 0) is 9.53 Å². The predicted molar refractivity (Wildman–Crippen MR) is 63.5 cm³/mol. The van der Waals surface area contributed by atoms with Gasteiger partial charge in [-0.2, -0.15) is 0 Å². The highest BCUT2D eigenvalue weighted by atomic mass is 35.5. The number of nitrogens with one attached hydrogen (secondary N) is 1. The number of rotatable bonds is 6. The average Bonchev–Trinajstić information content (AvgIpc) is 2.86. The zero-order valence-corrected chi connectivity index (χ0v) is 10.5. The van der Waals surface area contributed by atoms with Crippen LogP contribution in [0.2, 0.25) is 0 Å². The van der Waals surface area contributed by atoms with Gasteiger partial charge in [-0.05, 0) is 37.5 Å². The van der Waals surface area contributed by atoms with Crippen LogP contribution in [0, 0.1) is 17.8 Å². The molecule has 92 valence electrons. The Kier molecular flexibility index (Phi) is 4.09. The van der Waals surface area contributed by atoms with E-state index in [-0.39, 0.29) is 17.9 Å². The SMILES string of the molecule is COCC(CCCl)NC(=O)C1CC2CC2C1. The number of amides is 1. The van der Waals surface area contributed by atoms with Gasteiger partial charge in [0, 0.05) is 18.9 Å². The van der Waals surface area contributed by atoms with Crippen molar-refractivity contribution in [2.75, 3.05) is 19.6 Å². The normalized spacial score (nSPS) is 33.2. The Hall–Kier alpha value is -0.280. The van der Waals surface area contributed by atoms with E-state index in [1.807, 2.05) is 0 Å². The summed E-state index contributed by atoms with van der Waals surface area (Å²) in [5.74, 6) is 2.72. The lowest BCUT2D eigenvalue weighted by molar-refractivity contribution is -0.126. The average molecular weight is 246 g/mol. The Morgan fingerprint density at radius 3 is 2.69 bits per heavy atom. The number of hydrogen-bond donors (Lipinski definition) is 1. The molecule has 0 saturated heterocycles. The third kappa shape index (κ3) is 2.89. The van der Waals surface area contributed by atoms with Crippen LogP contribution in [0.25, 0.3) is 0 Å². The summed E-state index contributed by atoms with van der Waals surface area (Å²) in [7, 11) is 1.65. The van der Waals surface area contributed by atoms with E-state index in [4.69, 9.17) is 16.3 Å². The molecule has 0 aliphatic heterocycles.